The van der Waals surface area contributed by atoms with E-state index in [-0.39, 0.29) is 24.2 Å². The van der Waals surface area contributed by atoms with E-state index in [1.807, 2.05) is 0 Å². The third kappa shape index (κ3) is 3.63. The summed E-state index contributed by atoms with van der Waals surface area (Å²) in [6, 6.07) is 10.0. The van der Waals surface area contributed by atoms with Crippen LogP contribution in [0.3, 0.4) is 0 Å². The van der Waals surface area contributed by atoms with Crippen molar-refractivity contribution in [2.24, 2.45) is 0 Å². The zero-order valence-corrected chi connectivity index (χ0v) is 12.1. The molecule has 0 unspecified atom stereocenters. The summed E-state index contributed by atoms with van der Waals surface area (Å²) >= 11 is 0. The topological polar surface area (TPSA) is 57.4 Å². The summed E-state index contributed by atoms with van der Waals surface area (Å²) in [5.74, 6) is -0.869. The Morgan fingerprint density at radius 3 is 2.52 bits per heavy atom. The van der Waals surface area contributed by atoms with E-state index in [1.54, 1.807) is 19.1 Å². The molecule has 0 saturated heterocycles. The van der Waals surface area contributed by atoms with Crippen molar-refractivity contribution in [3.8, 4) is 17.6 Å². The lowest BCUT2D eigenvalue weighted by molar-refractivity contribution is 0.195. The summed E-state index contributed by atoms with van der Waals surface area (Å²) in [5, 5.41) is 3.57. The van der Waals surface area contributed by atoms with Gasteiger partial charge in [0.15, 0.2) is 29.0 Å². The molecule has 7 heteroatoms. The highest BCUT2D eigenvalue weighted by molar-refractivity contribution is 5.35. The molecule has 2 aromatic carbocycles. The zero-order chi connectivity index (χ0) is 16.2. The highest BCUT2D eigenvalue weighted by atomic mass is 19.1. The SMILES string of the molecule is Cc1noc(OCc2ccc(Oc3ccccc3F)c(F)c2)n1. The quantitative estimate of drug-likeness (QED) is 0.711. The lowest BCUT2D eigenvalue weighted by Crippen LogP contribution is -1.98. The molecule has 3 aromatic rings. The smallest absolute Gasteiger partial charge is 0.417 e. The minimum Gasteiger partial charge on any atom is -0.451 e. The molecule has 0 N–H and O–H groups in total. The van der Waals surface area contributed by atoms with Crippen molar-refractivity contribution in [3.63, 3.8) is 0 Å². The van der Waals surface area contributed by atoms with Crippen LogP contribution in [-0.4, -0.2) is 10.1 Å². The summed E-state index contributed by atoms with van der Waals surface area (Å²) in [4.78, 5) is 3.87. The standard InChI is InChI=1S/C16H12F2N2O3/c1-10-19-16(23-20-10)21-9-11-6-7-15(13(18)8-11)22-14-5-3-2-4-12(14)17/h2-8H,9H2,1H3. The van der Waals surface area contributed by atoms with E-state index in [4.69, 9.17) is 14.0 Å². The van der Waals surface area contributed by atoms with Gasteiger partial charge in [-0.2, -0.15) is 4.98 Å². The van der Waals surface area contributed by atoms with Gasteiger partial charge in [0.05, 0.1) is 0 Å². The molecule has 0 fully saturated rings. The highest BCUT2D eigenvalue weighted by Crippen LogP contribution is 2.27. The number of benzene rings is 2. The Hall–Kier alpha value is -2.96. The molecule has 0 aliphatic heterocycles. The largest absolute Gasteiger partial charge is 0.451 e. The fraction of sp³-hybridized carbons (Fsp3) is 0.125. The Morgan fingerprint density at radius 2 is 1.83 bits per heavy atom. The number of rotatable bonds is 5. The average Bonchev–Trinajstić information content (AvgIpc) is 2.95. The van der Waals surface area contributed by atoms with E-state index in [9.17, 15) is 8.78 Å². The minimum absolute atomic E-state index is 0.00888. The summed E-state index contributed by atoms with van der Waals surface area (Å²) in [6.07, 6.45) is 0.00888. The van der Waals surface area contributed by atoms with E-state index in [1.165, 1.54) is 30.3 Å². The van der Waals surface area contributed by atoms with Crippen molar-refractivity contribution in [2.75, 3.05) is 0 Å². The second-order valence-electron chi connectivity index (χ2n) is 4.69. The van der Waals surface area contributed by atoms with Crippen LogP contribution < -0.4 is 9.47 Å². The van der Waals surface area contributed by atoms with Crippen LogP contribution in [0.25, 0.3) is 0 Å². The van der Waals surface area contributed by atoms with Gasteiger partial charge in [0, 0.05) is 0 Å². The predicted octanol–water partition coefficient (Wildman–Crippen LogP) is 4.03. The Morgan fingerprint density at radius 1 is 1.04 bits per heavy atom. The molecule has 5 nitrogen and oxygen atoms in total. The Labute approximate surface area is 130 Å². The molecule has 3 rings (SSSR count). The first kappa shape index (κ1) is 15.0. The molecule has 0 aliphatic rings. The highest BCUT2D eigenvalue weighted by Gasteiger charge is 2.10. The van der Waals surface area contributed by atoms with Gasteiger partial charge in [-0.3, -0.25) is 4.52 Å². The first-order valence-electron chi connectivity index (χ1n) is 6.76. The molecule has 1 heterocycles. The van der Waals surface area contributed by atoms with Gasteiger partial charge in [0.25, 0.3) is 0 Å². The number of ether oxygens (including phenoxy) is 2. The van der Waals surface area contributed by atoms with Gasteiger partial charge >= 0.3 is 6.08 Å². The van der Waals surface area contributed by atoms with Gasteiger partial charge in [-0.1, -0.05) is 23.4 Å². The third-order valence-corrected chi connectivity index (χ3v) is 2.92. The van der Waals surface area contributed by atoms with Crippen LogP contribution >= 0.6 is 0 Å². The molecule has 0 radical (unpaired) electrons. The maximum Gasteiger partial charge on any atom is 0.417 e. The van der Waals surface area contributed by atoms with Crippen molar-refractivity contribution >= 4 is 0 Å². The third-order valence-electron chi connectivity index (χ3n) is 2.92. The summed E-state index contributed by atoms with van der Waals surface area (Å²) < 4.78 is 42.8. The van der Waals surface area contributed by atoms with Crippen molar-refractivity contribution in [3.05, 3.63) is 65.5 Å². The van der Waals surface area contributed by atoms with Crippen molar-refractivity contribution < 1.29 is 22.8 Å². The van der Waals surface area contributed by atoms with Gasteiger partial charge in [-0.25, -0.2) is 8.78 Å². The van der Waals surface area contributed by atoms with Crippen LogP contribution in [0.2, 0.25) is 0 Å². The first-order valence-corrected chi connectivity index (χ1v) is 6.76. The Kier molecular flexibility index (Phi) is 4.18. The number of nitrogens with zero attached hydrogens (tertiary/aromatic N) is 2. The predicted molar refractivity (Wildman–Crippen MR) is 76.2 cm³/mol. The van der Waals surface area contributed by atoms with E-state index in [0.717, 1.165) is 0 Å². The second kappa shape index (κ2) is 6.43. The fourth-order valence-electron chi connectivity index (χ4n) is 1.84. The Balaban J connectivity index is 1.69. The number of aryl methyl sites for hydroxylation is 1. The van der Waals surface area contributed by atoms with E-state index in [0.29, 0.717) is 11.4 Å². The molecule has 0 saturated carbocycles. The zero-order valence-electron chi connectivity index (χ0n) is 12.1. The van der Waals surface area contributed by atoms with Gasteiger partial charge in [-0.15, -0.1) is 0 Å². The van der Waals surface area contributed by atoms with E-state index >= 15 is 0 Å². The van der Waals surface area contributed by atoms with Crippen LogP contribution in [-0.2, 0) is 6.61 Å². The molecule has 23 heavy (non-hydrogen) atoms. The molecular weight excluding hydrogens is 306 g/mol. The second-order valence-corrected chi connectivity index (χ2v) is 4.69. The average molecular weight is 318 g/mol. The number of aromatic nitrogens is 2. The first-order chi connectivity index (χ1) is 11.1. The maximum atomic E-state index is 14.0. The van der Waals surface area contributed by atoms with Crippen LogP contribution in [0.5, 0.6) is 17.6 Å². The lowest BCUT2D eigenvalue weighted by Gasteiger charge is -2.09. The van der Waals surface area contributed by atoms with Gasteiger partial charge in [0.2, 0.25) is 0 Å². The molecule has 0 bridgehead atoms. The molecule has 118 valence electrons. The molecule has 1 aromatic heterocycles. The normalized spacial score (nSPS) is 10.6. The number of halogens is 2. The van der Waals surface area contributed by atoms with Crippen molar-refractivity contribution in [2.45, 2.75) is 13.5 Å². The van der Waals surface area contributed by atoms with Crippen LogP contribution in [0.15, 0.2) is 47.0 Å². The Bertz CT molecular complexity index is 821. The van der Waals surface area contributed by atoms with Gasteiger partial charge < -0.3 is 9.47 Å². The summed E-state index contributed by atoms with van der Waals surface area (Å²) in [7, 11) is 0. The molecule has 0 amide bonds. The van der Waals surface area contributed by atoms with E-state index in [2.05, 4.69) is 10.1 Å². The summed E-state index contributed by atoms with van der Waals surface area (Å²) in [5.41, 5.74) is 0.541. The van der Waals surface area contributed by atoms with Gasteiger partial charge in [0.1, 0.15) is 6.61 Å². The van der Waals surface area contributed by atoms with Crippen molar-refractivity contribution in [1.82, 2.24) is 10.1 Å². The summed E-state index contributed by atoms with van der Waals surface area (Å²) in [6.45, 7) is 1.71. The number of hydrogen-bond acceptors (Lipinski definition) is 5. The van der Waals surface area contributed by atoms with E-state index < -0.39 is 11.6 Å². The molecule has 0 spiro atoms. The monoisotopic (exact) mass is 318 g/mol. The lowest BCUT2D eigenvalue weighted by atomic mass is 10.2. The molecular formula is C16H12F2N2O3. The minimum atomic E-state index is -0.629. The van der Waals surface area contributed by atoms with Crippen LogP contribution in [0.4, 0.5) is 8.78 Å². The number of para-hydroxylation sites is 1. The van der Waals surface area contributed by atoms with Crippen LogP contribution in [0.1, 0.15) is 11.4 Å². The van der Waals surface area contributed by atoms with Crippen molar-refractivity contribution in [1.29, 1.82) is 0 Å². The van der Waals surface area contributed by atoms with Crippen LogP contribution in [0, 0.1) is 18.6 Å². The molecule has 0 aliphatic carbocycles. The van der Waals surface area contributed by atoms with Gasteiger partial charge in [-0.05, 0) is 36.8 Å². The molecule has 0 atom stereocenters. The fourth-order valence-corrected chi connectivity index (χ4v) is 1.84. The maximum absolute atomic E-state index is 14.0. The number of hydrogen-bond donors (Lipinski definition) is 0.